The maximum absolute atomic E-state index is 12.2. The van der Waals surface area contributed by atoms with Gasteiger partial charge in [-0.1, -0.05) is 20.3 Å². The van der Waals surface area contributed by atoms with Crippen molar-refractivity contribution in [2.24, 2.45) is 5.92 Å². The molecule has 132 valence electrons. The van der Waals surface area contributed by atoms with Crippen molar-refractivity contribution in [1.29, 1.82) is 0 Å². The first-order valence-corrected chi connectivity index (χ1v) is 8.38. The van der Waals surface area contributed by atoms with Gasteiger partial charge in [-0.25, -0.2) is 9.59 Å². The summed E-state index contributed by atoms with van der Waals surface area (Å²) in [4.78, 5) is 25.4. The van der Waals surface area contributed by atoms with Crippen LogP contribution in [0.25, 0.3) is 0 Å². The highest BCUT2D eigenvalue weighted by Gasteiger charge is 2.20. The van der Waals surface area contributed by atoms with Gasteiger partial charge in [0.25, 0.3) is 0 Å². The maximum atomic E-state index is 12.2. The fraction of sp³-hybridized carbons (Fsp3) is 0.765. The van der Waals surface area contributed by atoms with Crippen LogP contribution in [-0.4, -0.2) is 60.9 Å². The van der Waals surface area contributed by atoms with Crippen molar-refractivity contribution in [3.05, 3.63) is 11.6 Å². The Bertz CT molecular complexity index is 415. The minimum Gasteiger partial charge on any atom is -0.478 e. The minimum absolute atomic E-state index is 0.219. The van der Waals surface area contributed by atoms with E-state index in [0.717, 1.165) is 51.8 Å². The minimum atomic E-state index is -1.11. The Morgan fingerprint density at radius 1 is 1.30 bits per heavy atom. The molecule has 1 aliphatic rings. The molecule has 6 heteroatoms. The zero-order valence-electron chi connectivity index (χ0n) is 14.4. The van der Waals surface area contributed by atoms with Crippen LogP contribution in [0.5, 0.6) is 0 Å². The molecule has 1 fully saturated rings. The van der Waals surface area contributed by atoms with Gasteiger partial charge in [0, 0.05) is 24.7 Å². The predicted octanol–water partition coefficient (Wildman–Crippen LogP) is 2.09. The average Bonchev–Trinajstić information content (AvgIpc) is 2.53. The second-order valence-corrected chi connectivity index (χ2v) is 6.06. The molecule has 2 unspecified atom stereocenters. The van der Waals surface area contributed by atoms with Crippen LogP contribution in [0.4, 0.5) is 0 Å². The molecule has 0 saturated carbocycles. The second-order valence-electron chi connectivity index (χ2n) is 6.06. The second kappa shape index (κ2) is 10.4. The highest BCUT2D eigenvalue weighted by Crippen LogP contribution is 2.15. The van der Waals surface area contributed by atoms with Crippen molar-refractivity contribution in [2.45, 2.75) is 46.1 Å². The molecule has 1 saturated heterocycles. The van der Waals surface area contributed by atoms with Gasteiger partial charge >= 0.3 is 11.9 Å². The number of aliphatic carboxylic acids is 1. The predicted molar refractivity (Wildman–Crippen MR) is 87.2 cm³/mol. The van der Waals surface area contributed by atoms with Crippen LogP contribution in [0.15, 0.2) is 11.6 Å². The highest BCUT2D eigenvalue weighted by atomic mass is 16.5. The van der Waals surface area contributed by atoms with Gasteiger partial charge in [-0.2, -0.15) is 0 Å². The normalized spacial score (nSPS) is 19.2. The van der Waals surface area contributed by atoms with Gasteiger partial charge in [-0.15, -0.1) is 0 Å². The number of hydrogen-bond donors (Lipinski definition) is 1. The number of nitrogens with zero attached hydrogens (tertiary/aromatic N) is 1. The molecular weight excluding hydrogens is 298 g/mol. The lowest BCUT2D eigenvalue weighted by molar-refractivity contribution is -0.146. The summed E-state index contributed by atoms with van der Waals surface area (Å²) in [5.74, 6) is -1.37. The van der Waals surface area contributed by atoms with Gasteiger partial charge in [0.2, 0.25) is 0 Å². The zero-order chi connectivity index (χ0) is 17.2. The molecule has 1 aliphatic heterocycles. The third-order valence-electron chi connectivity index (χ3n) is 4.32. The van der Waals surface area contributed by atoms with E-state index in [1.165, 1.54) is 0 Å². The van der Waals surface area contributed by atoms with E-state index in [1.807, 2.05) is 20.8 Å². The van der Waals surface area contributed by atoms with Crippen molar-refractivity contribution >= 4 is 11.9 Å². The fourth-order valence-electron chi connectivity index (χ4n) is 2.39. The SMILES string of the molecule is CCC(C)C(C)OC(=O)/C(=C/C(=O)O)CCCN1CCOCC1. The average molecular weight is 327 g/mol. The van der Waals surface area contributed by atoms with E-state index in [0.29, 0.717) is 6.42 Å². The summed E-state index contributed by atoms with van der Waals surface area (Å²) in [5, 5.41) is 8.96. The maximum Gasteiger partial charge on any atom is 0.334 e. The number of carbonyl (C=O) groups is 2. The quantitative estimate of drug-likeness (QED) is 0.516. The van der Waals surface area contributed by atoms with Crippen LogP contribution in [0.1, 0.15) is 40.0 Å². The largest absolute Gasteiger partial charge is 0.478 e. The zero-order valence-corrected chi connectivity index (χ0v) is 14.4. The molecule has 0 radical (unpaired) electrons. The van der Waals surface area contributed by atoms with Crippen LogP contribution in [0.3, 0.4) is 0 Å². The van der Waals surface area contributed by atoms with Crippen molar-refractivity contribution in [3.63, 3.8) is 0 Å². The molecular formula is C17H29NO5. The fourth-order valence-corrected chi connectivity index (χ4v) is 2.39. The first kappa shape index (κ1) is 19.6. The molecule has 0 spiro atoms. The lowest BCUT2D eigenvalue weighted by atomic mass is 10.0. The summed E-state index contributed by atoms with van der Waals surface area (Å²) >= 11 is 0. The van der Waals surface area contributed by atoms with E-state index in [4.69, 9.17) is 14.6 Å². The van der Waals surface area contributed by atoms with Gasteiger partial charge in [-0.05, 0) is 32.2 Å². The van der Waals surface area contributed by atoms with Gasteiger partial charge in [0.05, 0.1) is 13.2 Å². The third kappa shape index (κ3) is 7.61. The van der Waals surface area contributed by atoms with E-state index in [-0.39, 0.29) is 17.6 Å². The Hall–Kier alpha value is -1.40. The van der Waals surface area contributed by atoms with Gasteiger partial charge < -0.3 is 14.6 Å². The molecule has 0 bridgehead atoms. The summed E-state index contributed by atoms with van der Waals surface area (Å²) in [6, 6.07) is 0. The Balaban J connectivity index is 2.51. The van der Waals surface area contributed by atoms with Crippen molar-refractivity contribution < 1.29 is 24.2 Å². The van der Waals surface area contributed by atoms with Gasteiger partial charge in [0.15, 0.2) is 0 Å². The first-order chi connectivity index (χ1) is 10.9. The van der Waals surface area contributed by atoms with Crippen LogP contribution < -0.4 is 0 Å². The molecule has 1 rings (SSSR count). The molecule has 0 aromatic rings. The number of morpholine rings is 1. The Morgan fingerprint density at radius 3 is 2.52 bits per heavy atom. The number of carboxylic acids is 1. The summed E-state index contributed by atoms with van der Waals surface area (Å²) in [5.41, 5.74) is 0.237. The highest BCUT2D eigenvalue weighted by molar-refractivity contribution is 5.95. The molecule has 0 amide bonds. The topological polar surface area (TPSA) is 76.1 Å². The van der Waals surface area contributed by atoms with Crippen molar-refractivity contribution in [1.82, 2.24) is 4.90 Å². The summed E-state index contributed by atoms with van der Waals surface area (Å²) in [6.07, 6.45) is 2.81. The third-order valence-corrected chi connectivity index (χ3v) is 4.32. The molecule has 0 aromatic carbocycles. The lowest BCUT2D eigenvalue weighted by Crippen LogP contribution is -2.36. The number of carboxylic acid groups (broad SMARTS) is 1. The van der Waals surface area contributed by atoms with E-state index in [2.05, 4.69) is 4.90 Å². The van der Waals surface area contributed by atoms with E-state index in [1.54, 1.807) is 0 Å². The first-order valence-electron chi connectivity index (χ1n) is 8.38. The summed E-state index contributed by atoms with van der Waals surface area (Å²) in [7, 11) is 0. The van der Waals surface area contributed by atoms with Crippen LogP contribution >= 0.6 is 0 Å². The van der Waals surface area contributed by atoms with Crippen molar-refractivity contribution in [2.75, 3.05) is 32.8 Å². The molecule has 1 N–H and O–H groups in total. The number of hydrogen-bond acceptors (Lipinski definition) is 5. The molecule has 6 nitrogen and oxygen atoms in total. The van der Waals surface area contributed by atoms with E-state index < -0.39 is 11.9 Å². The summed E-state index contributed by atoms with van der Waals surface area (Å²) < 4.78 is 10.7. The Labute approximate surface area is 138 Å². The van der Waals surface area contributed by atoms with Crippen LogP contribution in [-0.2, 0) is 19.1 Å². The monoisotopic (exact) mass is 327 g/mol. The van der Waals surface area contributed by atoms with E-state index in [9.17, 15) is 9.59 Å². The number of rotatable bonds is 9. The molecule has 2 atom stereocenters. The molecule has 23 heavy (non-hydrogen) atoms. The standard InChI is InChI=1S/C17H29NO5/c1-4-13(2)14(3)23-17(21)15(12-16(19)20)6-5-7-18-8-10-22-11-9-18/h12-14H,4-11H2,1-3H3,(H,19,20)/b15-12+. The molecule has 0 aliphatic carbocycles. The lowest BCUT2D eigenvalue weighted by Gasteiger charge is -2.26. The van der Waals surface area contributed by atoms with Crippen molar-refractivity contribution in [3.8, 4) is 0 Å². The molecule has 0 aromatic heterocycles. The Morgan fingerprint density at radius 2 is 1.96 bits per heavy atom. The van der Waals surface area contributed by atoms with Gasteiger partial charge in [0.1, 0.15) is 6.10 Å². The summed E-state index contributed by atoms with van der Waals surface area (Å²) in [6.45, 7) is 9.94. The van der Waals surface area contributed by atoms with Gasteiger partial charge in [-0.3, -0.25) is 4.90 Å². The van der Waals surface area contributed by atoms with E-state index >= 15 is 0 Å². The smallest absolute Gasteiger partial charge is 0.334 e. The van der Waals surface area contributed by atoms with Crippen LogP contribution in [0.2, 0.25) is 0 Å². The number of carbonyl (C=O) groups excluding carboxylic acids is 1. The Kier molecular flexibility index (Phi) is 8.87. The molecule has 1 heterocycles. The van der Waals surface area contributed by atoms with Crippen LogP contribution in [0, 0.1) is 5.92 Å². The number of esters is 1. The number of ether oxygens (including phenoxy) is 2.